The predicted octanol–water partition coefficient (Wildman–Crippen LogP) is 1.94. The minimum Gasteiger partial charge on any atom is -0.497 e. The van der Waals surface area contributed by atoms with Crippen LogP contribution in [0.15, 0.2) is 47.7 Å². The molecule has 0 atom stereocenters. The van der Waals surface area contributed by atoms with Crippen LogP contribution in [0.4, 0.5) is 0 Å². The van der Waals surface area contributed by atoms with Crippen molar-refractivity contribution in [1.29, 1.82) is 0 Å². The van der Waals surface area contributed by atoms with Crippen LogP contribution in [0, 0.1) is 0 Å². The molecule has 1 amide bonds. The molecule has 1 aromatic heterocycles. The molecule has 0 aliphatic carbocycles. The van der Waals surface area contributed by atoms with Crippen LogP contribution in [0.3, 0.4) is 0 Å². The summed E-state index contributed by atoms with van der Waals surface area (Å²) in [5.41, 5.74) is 3.99. The number of ether oxygens (including phenoxy) is 2. The molecule has 0 aliphatic rings. The number of carbonyl (C=O) groups is 1. The maximum absolute atomic E-state index is 11.6. The van der Waals surface area contributed by atoms with Crippen molar-refractivity contribution in [2.75, 3.05) is 13.7 Å². The van der Waals surface area contributed by atoms with E-state index in [4.69, 9.17) is 9.47 Å². The number of hydrogen-bond donors (Lipinski definition) is 2. The fraction of sp³-hybridized carbons (Fsp3) is 0.200. The van der Waals surface area contributed by atoms with E-state index in [1.54, 1.807) is 44.5 Å². The molecular weight excluding hydrogens is 270 g/mol. The fourth-order valence-corrected chi connectivity index (χ4v) is 1.61. The fourth-order valence-electron chi connectivity index (χ4n) is 1.61. The number of hydrogen-bond acceptors (Lipinski definition) is 4. The van der Waals surface area contributed by atoms with Gasteiger partial charge in [0.05, 0.1) is 18.5 Å². The van der Waals surface area contributed by atoms with Crippen LogP contribution in [0.25, 0.3) is 0 Å². The number of aromatic nitrogens is 1. The molecule has 6 heteroatoms. The molecule has 110 valence electrons. The largest absolute Gasteiger partial charge is 0.497 e. The van der Waals surface area contributed by atoms with Crippen molar-refractivity contribution in [2.24, 2.45) is 5.10 Å². The highest BCUT2D eigenvalue weighted by atomic mass is 16.5. The Hall–Kier alpha value is -2.76. The second kappa shape index (κ2) is 7.14. The quantitative estimate of drug-likeness (QED) is 0.629. The molecule has 0 aliphatic heterocycles. The SMILES string of the molecule is COc1ccc(OCC(=O)N/N=C(\C)c2ccc[nH]2)cc1. The number of H-pyrrole nitrogens is 1. The number of carbonyl (C=O) groups excluding carboxylic acids is 1. The second-order valence-corrected chi connectivity index (χ2v) is 4.28. The maximum Gasteiger partial charge on any atom is 0.277 e. The first-order chi connectivity index (χ1) is 10.2. The van der Waals surface area contributed by atoms with Crippen molar-refractivity contribution < 1.29 is 14.3 Å². The van der Waals surface area contributed by atoms with E-state index < -0.39 is 0 Å². The molecule has 0 bridgehead atoms. The van der Waals surface area contributed by atoms with Gasteiger partial charge >= 0.3 is 0 Å². The first-order valence-corrected chi connectivity index (χ1v) is 6.43. The van der Waals surface area contributed by atoms with E-state index in [0.717, 1.165) is 11.4 Å². The Bertz CT molecular complexity index is 604. The third-order valence-corrected chi connectivity index (χ3v) is 2.77. The Kier molecular flexibility index (Phi) is 4.98. The van der Waals surface area contributed by atoms with Crippen LogP contribution in [0.5, 0.6) is 11.5 Å². The standard InChI is InChI=1S/C15H17N3O3/c1-11(14-4-3-9-16-14)17-18-15(19)10-21-13-7-5-12(20-2)6-8-13/h3-9,16H,10H2,1-2H3,(H,18,19)/b17-11+. The highest BCUT2D eigenvalue weighted by Gasteiger charge is 2.03. The molecule has 1 heterocycles. The Morgan fingerprint density at radius 3 is 2.57 bits per heavy atom. The smallest absolute Gasteiger partial charge is 0.277 e. The summed E-state index contributed by atoms with van der Waals surface area (Å²) in [7, 11) is 1.59. The van der Waals surface area contributed by atoms with Crippen molar-refractivity contribution in [1.82, 2.24) is 10.4 Å². The highest BCUT2D eigenvalue weighted by molar-refractivity contribution is 5.97. The van der Waals surface area contributed by atoms with E-state index in [-0.39, 0.29) is 12.5 Å². The van der Waals surface area contributed by atoms with E-state index in [1.165, 1.54) is 0 Å². The topological polar surface area (TPSA) is 75.7 Å². The Morgan fingerprint density at radius 2 is 1.95 bits per heavy atom. The highest BCUT2D eigenvalue weighted by Crippen LogP contribution is 2.16. The van der Waals surface area contributed by atoms with Gasteiger partial charge in [0.2, 0.25) is 0 Å². The molecular formula is C15H17N3O3. The second-order valence-electron chi connectivity index (χ2n) is 4.28. The third-order valence-electron chi connectivity index (χ3n) is 2.77. The minimum atomic E-state index is -0.322. The molecule has 2 aromatic rings. The number of hydrazone groups is 1. The van der Waals surface area contributed by atoms with Gasteiger partial charge in [0.25, 0.3) is 5.91 Å². The van der Waals surface area contributed by atoms with E-state index in [2.05, 4.69) is 15.5 Å². The first kappa shape index (κ1) is 14.6. The zero-order valence-electron chi connectivity index (χ0n) is 11.9. The maximum atomic E-state index is 11.6. The predicted molar refractivity (Wildman–Crippen MR) is 79.6 cm³/mol. The molecule has 21 heavy (non-hydrogen) atoms. The van der Waals surface area contributed by atoms with Crippen molar-refractivity contribution in [3.05, 3.63) is 48.3 Å². The van der Waals surface area contributed by atoms with Gasteiger partial charge in [0, 0.05) is 6.20 Å². The average Bonchev–Trinajstić information content (AvgIpc) is 3.05. The number of aromatic amines is 1. The number of rotatable bonds is 6. The average molecular weight is 287 g/mol. The Morgan fingerprint density at radius 1 is 1.24 bits per heavy atom. The van der Waals surface area contributed by atoms with Gasteiger partial charge in [-0.3, -0.25) is 4.79 Å². The van der Waals surface area contributed by atoms with Crippen molar-refractivity contribution in [2.45, 2.75) is 6.92 Å². The molecule has 6 nitrogen and oxygen atoms in total. The number of nitrogens with zero attached hydrogens (tertiary/aromatic N) is 1. The van der Waals surface area contributed by atoms with Crippen LogP contribution < -0.4 is 14.9 Å². The van der Waals surface area contributed by atoms with Gasteiger partial charge in [-0.05, 0) is 43.3 Å². The lowest BCUT2D eigenvalue weighted by atomic mass is 10.3. The van der Waals surface area contributed by atoms with E-state index in [1.807, 2.05) is 12.1 Å². The summed E-state index contributed by atoms with van der Waals surface area (Å²) in [4.78, 5) is 14.6. The van der Waals surface area contributed by atoms with Crippen LogP contribution in [-0.4, -0.2) is 30.3 Å². The van der Waals surface area contributed by atoms with Crippen LogP contribution in [0.2, 0.25) is 0 Å². The summed E-state index contributed by atoms with van der Waals surface area (Å²) in [6.07, 6.45) is 1.79. The van der Waals surface area contributed by atoms with E-state index >= 15 is 0 Å². The molecule has 0 saturated heterocycles. The summed E-state index contributed by atoms with van der Waals surface area (Å²) < 4.78 is 10.4. The number of amides is 1. The molecule has 0 radical (unpaired) electrons. The van der Waals surface area contributed by atoms with Gasteiger partial charge in [0.15, 0.2) is 6.61 Å². The normalized spacial score (nSPS) is 11.0. The van der Waals surface area contributed by atoms with E-state index in [9.17, 15) is 4.79 Å². The third kappa shape index (κ3) is 4.38. The molecule has 0 fully saturated rings. The lowest BCUT2D eigenvalue weighted by Gasteiger charge is -2.06. The molecule has 1 aromatic carbocycles. The summed E-state index contributed by atoms with van der Waals surface area (Å²) in [6, 6.07) is 10.7. The lowest BCUT2D eigenvalue weighted by Crippen LogP contribution is -2.25. The Balaban J connectivity index is 1.80. The zero-order valence-corrected chi connectivity index (χ0v) is 11.9. The number of methoxy groups -OCH3 is 1. The monoisotopic (exact) mass is 287 g/mol. The summed E-state index contributed by atoms with van der Waals surface area (Å²) in [5.74, 6) is 1.01. The summed E-state index contributed by atoms with van der Waals surface area (Å²) in [6.45, 7) is 1.70. The summed E-state index contributed by atoms with van der Waals surface area (Å²) >= 11 is 0. The van der Waals surface area contributed by atoms with E-state index in [0.29, 0.717) is 11.5 Å². The first-order valence-electron chi connectivity index (χ1n) is 6.43. The van der Waals surface area contributed by atoms with Gasteiger partial charge in [-0.2, -0.15) is 5.10 Å². The van der Waals surface area contributed by atoms with Gasteiger partial charge in [-0.25, -0.2) is 5.43 Å². The van der Waals surface area contributed by atoms with Gasteiger partial charge in [0.1, 0.15) is 11.5 Å². The molecule has 2 rings (SSSR count). The molecule has 0 unspecified atom stereocenters. The van der Waals surface area contributed by atoms with Gasteiger partial charge in [-0.15, -0.1) is 0 Å². The number of nitrogens with one attached hydrogen (secondary N) is 2. The number of benzene rings is 1. The van der Waals surface area contributed by atoms with Gasteiger partial charge < -0.3 is 14.5 Å². The van der Waals surface area contributed by atoms with Crippen molar-refractivity contribution >= 4 is 11.6 Å². The molecule has 0 spiro atoms. The summed E-state index contributed by atoms with van der Waals surface area (Å²) in [5, 5.41) is 3.99. The Labute approximate surface area is 122 Å². The van der Waals surface area contributed by atoms with Crippen LogP contribution >= 0.6 is 0 Å². The zero-order chi connectivity index (χ0) is 15.1. The van der Waals surface area contributed by atoms with Gasteiger partial charge in [-0.1, -0.05) is 0 Å². The van der Waals surface area contributed by atoms with Crippen molar-refractivity contribution in [3.63, 3.8) is 0 Å². The lowest BCUT2D eigenvalue weighted by molar-refractivity contribution is -0.123. The minimum absolute atomic E-state index is 0.103. The van der Waals surface area contributed by atoms with Crippen molar-refractivity contribution in [3.8, 4) is 11.5 Å². The molecule has 2 N–H and O–H groups in total. The van der Waals surface area contributed by atoms with Crippen LogP contribution in [-0.2, 0) is 4.79 Å². The van der Waals surface area contributed by atoms with Crippen LogP contribution in [0.1, 0.15) is 12.6 Å². The molecule has 0 saturated carbocycles.